The van der Waals surface area contributed by atoms with Crippen LogP contribution in [0, 0.1) is 11.3 Å². The first kappa shape index (κ1) is 16.9. The molecule has 1 N–H and O–H groups in total. The lowest BCUT2D eigenvalue weighted by Gasteiger charge is -1.96. The molecular weight excluding hydrogens is 364 g/mol. The first-order chi connectivity index (χ1) is 13.2. The van der Waals surface area contributed by atoms with Crippen LogP contribution in [0.5, 0.6) is 0 Å². The average molecular weight is 377 g/mol. The molecule has 4 rings (SSSR count). The van der Waals surface area contributed by atoms with Crippen molar-refractivity contribution < 1.29 is 9.21 Å². The zero-order valence-corrected chi connectivity index (χ0v) is 14.8. The molecule has 0 aliphatic carbocycles. The van der Waals surface area contributed by atoms with Crippen LogP contribution in [0.3, 0.4) is 0 Å². The second-order valence-electron chi connectivity index (χ2n) is 5.88. The number of hydrazone groups is 1. The molecule has 0 bridgehead atoms. The molecule has 0 unspecified atom stereocenters. The van der Waals surface area contributed by atoms with Gasteiger partial charge in [0.25, 0.3) is 0 Å². The third kappa shape index (κ3) is 3.28. The number of nitrogens with zero attached hydrogens (tertiary/aromatic N) is 3. The van der Waals surface area contributed by atoms with Crippen LogP contribution in [0.1, 0.15) is 16.1 Å². The van der Waals surface area contributed by atoms with Gasteiger partial charge >= 0.3 is 5.91 Å². The van der Waals surface area contributed by atoms with Gasteiger partial charge in [0.15, 0.2) is 5.76 Å². The highest BCUT2D eigenvalue weighted by Crippen LogP contribution is 2.23. The Balaban J connectivity index is 1.55. The molecule has 0 atom stereocenters. The predicted octanol–water partition coefficient (Wildman–Crippen LogP) is 4.33. The lowest BCUT2D eigenvalue weighted by molar-refractivity contribution is 0.0929. The maximum absolute atomic E-state index is 12.3. The van der Waals surface area contributed by atoms with E-state index >= 15 is 0 Å². The molecule has 0 fully saturated rings. The Hall–Kier alpha value is -3.56. The van der Waals surface area contributed by atoms with Gasteiger partial charge < -0.3 is 8.98 Å². The van der Waals surface area contributed by atoms with Gasteiger partial charge in [-0.3, -0.25) is 4.79 Å². The number of hydrogen-bond donors (Lipinski definition) is 1. The van der Waals surface area contributed by atoms with E-state index in [-0.39, 0.29) is 12.3 Å². The maximum atomic E-state index is 12.3. The highest BCUT2D eigenvalue weighted by Gasteiger charge is 2.12. The summed E-state index contributed by atoms with van der Waals surface area (Å²) in [7, 11) is 0. The quantitative estimate of drug-likeness (QED) is 0.425. The van der Waals surface area contributed by atoms with E-state index in [0.717, 1.165) is 21.9 Å². The summed E-state index contributed by atoms with van der Waals surface area (Å²) in [5.74, 6) is -0.310. The van der Waals surface area contributed by atoms with Gasteiger partial charge in [0.1, 0.15) is 12.1 Å². The number of benzene rings is 2. The van der Waals surface area contributed by atoms with E-state index in [1.807, 2.05) is 35.0 Å². The van der Waals surface area contributed by atoms with Crippen LogP contribution in [0.25, 0.3) is 21.9 Å². The van der Waals surface area contributed by atoms with E-state index < -0.39 is 5.91 Å². The van der Waals surface area contributed by atoms with Crippen molar-refractivity contribution in [2.24, 2.45) is 5.10 Å². The zero-order valence-electron chi connectivity index (χ0n) is 14.0. The number of nitrogens with one attached hydrogen (secondary N) is 1. The summed E-state index contributed by atoms with van der Waals surface area (Å²) in [4.78, 5) is 12.3. The number of hydrogen-bond acceptors (Lipinski definition) is 4. The minimum Gasteiger partial charge on any atom is -0.451 e. The Morgan fingerprint density at radius 1 is 1.30 bits per heavy atom. The van der Waals surface area contributed by atoms with Crippen LogP contribution in [-0.4, -0.2) is 16.7 Å². The van der Waals surface area contributed by atoms with Crippen LogP contribution >= 0.6 is 11.6 Å². The van der Waals surface area contributed by atoms with E-state index in [1.54, 1.807) is 30.5 Å². The van der Waals surface area contributed by atoms with Crippen molar-refractivity contribution >= 4 is 45.6 Å². The molecule has 2 heterocycles. The number of amides is 1. The number of fused-ring (bicyclic) bond motifs is 2. The van der Waals surface area contributed by atoms with Gasteiger partial charge in [-0.05, 0) is 30.3 Å². The van der Waals surface area contributed by atoms with E-state index in [0.29, 0.717) is 10.6 Å². The maximum Gasteiger partial charge on any atom is 0.307 e. The minimum absolute atomic E-state index is 0.149. The van der Waals surface area contributed by atoms with Crippen molar-refractivity contribution in [3.63, 3.8) is 0 Å². The van der Waals surface area contributed by atoms with Crippen molar-refractivity contribution in [1.29, 1.82) is 5.26 Å². The second kappa shape index (κ2) is 6.98. The van der Waals surface area contributed by atoms with Gasteiger partial charge in [0, 0.05) is 33.1 Å². The molecule has 6 nitrogen and oxygen atoms in total. The van der Waals surface area contributed by atoms with Crippen LogP contribution in [0.2, 0.25) is 5.02 Å². The van der Waals surface area contributed by atoms with Gasteiger partial charge in [-0.1, -0.05) is 29.8 Å². The summed E-state index contributed by atoms with van der Waals surface area (Å²) in [6.07, 6.45) is 3.38. The third-order valence-corrected chi connectivity index (χ3v) is 4.37. The number of furan rings is 1. The number of halogens is 1. The average Bonchev–Trinajstić information content (AvgIpc) is 3.24. The summed E-state index contributed by atoms with van der Waals surface area (Å²) < 4.78 is 7.34. The smallest absolute Gasteiger partial charge is 0.307 e. The fourth-order valence-electron chi connectivity index (χ4n) is 2.93. The Morgan fingerprint density at radius 3 is 3.00 bits per heavy atom. The minimum atomic E-state index is -0.459. The van der Waals surface area contributed by atoms with Crippen molar-refractivity contribution in [2.75, 3.05) is 0 Å². The fraction of sp³-hybridized carbons (Fsp3) is 0.0500. The Morgan fingerprint density at radius 2 is 2.15 bits per heavy atom. The highest BCUT2D eigenvalue weighted by atomic mass is 35.5. The summed E-state index contributed by atoms with van der Waals surface area (Å²) >= 11 is 5.94. The van der Waals surface area contributed by atoms with Gasteiger partial charge in [-0.25, -0.2) is 5.43 Å². The van der Waals surface area contributed by atoms with E-state index in [1.165, 1.54) is 0 Å². The molecule has 0 aliphatic heterocycles. The number of carbonyl (C=O) groups is 1. The SMILES string of the molecule is N#CCn1cc(C=NNC(=O)c2cc3cc(Cl)ccc3o2)c2ccccc21. The highest BCUT2D eigenvalue weighted by molar-refractivity contribution is 6.31. The molecule has 0 aliphatic rings. The van der Waals surface area contributed by atoms with Crippen LogP contribution in [-0.2, 0) is 6.54 Å². The molecule has 4 aromatic rings. The molecule has 0 saturated carbocycles. The van der Waals surface area contributed by atoms with Gasteiger partial charge in [0.2, 0.25) is 0 Å². The van der Waals surface area contributed by atoms with Gasteiger partial charge in [0.05, 0.1) is 12.3 Å². The van der Waals surface area contributed by atoms with Crippen LogP contribution in [0.15, 0.2) is 64.2 Å². The zero-order chi connectivity index (χ0) is 18.8. The van der Waals surface area contributed by atoms with Gasteiger partial charge in [-0.2, -0.15) is 10.4 Å². The monoisotopic (exact) mass is 376 g/mol. The number of nitriles is 1. The van der Waals surface area contributed by atoms with Crippen LogP contribution in [0.4, 0.5) is 0 Å². The second-order valence-corrected chi connectivity index (χ2v) is 6.32. The summed E-state index contributed by atoms with van der Waals surface area (Å²) in [5, 5.41) is 15.2. The Labute approximate surface area is 159 Å². The lowest BCUT2D eigenvalue weighted by Crippen LogP contribution is -2.16. The summed E-state index contributed by atoms with van der Waals surface area (Å²) in [5.41, 5.74) is 4.77. The molecular formula is C20H13ClN4O2. The largest absolute Gasteiger partial charge is 0.451 e. The van der Waals surface area contributed by atoms with Gasteiger partial charge in [-0.15, -0.1) is 0 Å². The standard InChI is InChI=1S/C20H13ClN4O2/c21-15-5-6-18-13(9-15)10-19(27-18)20(26)24-23-11-14-12-25(8-7-22)17-4-2-1-3-16(14)17/h1-6,9-12H,8H2,(H,24,26). The van der Waals surface area contributed by atoms with Crippen molar-refractivity contribution in [3.05, 3.63) is 71.1 Å². The Kier molecular flexibility index (Phi) is 4.37. The first-order valence-electron chi connectivity index (χ1n) is 8.13. The predicted molar refractivity (Wildman–Crippen MR) is 104 cm³/mol. The normalized spacial score (nSPS) is 11.3. The molecule has 0 spiro atoms. The number of carbonyl (C=O) groups excluding carboxylic acids is 1. The fourth-order valence-corrected chi connectivity index (χ4v) is 3.11. The molecule has 2 aromatic carbocycles. The molecule has 7 heteroatoms. The topological polar surface area (TPSA) is 83.3 Å². The number of aromatic nitrogens is 1. The summed E-state index contributed by atoms with van der Waals surface area (Å²) in [6.45, 7) is 0.238. The van der Waals surface area contributed by atoms with Crippen LogP contribution < -0.4 is 5.43 Å². The first-order valence-corrected chi connectivity index (χ1v) is 8.51. The lowest BCUT2D eigenvalue weighted by atomic mass is 10.2. The number of para-hydroxylation sites is 1. The van der Waals surface area contributed by atoms with E-state index in [2.05, 4.69) is 16.6 Å². The molecule has 2 aromatic heterocycles. The molecule has 0 radical (unpaired) electrons. The van der Waals surface area contributed by atoms with Crippen molar-refractivity contribution in [2.45, 2.75) is 6.54 Å². The molecule has 1 amide bonds. The van der Waals surface area contributed by atoms with E-state index in [9.17, 15) is 4.79 Å². The molecule has 0 saturated heterocycles. The molecule has 27 heavy (non-hydrogen) atoms. The van der Waals surface area contributed by atoms with Crippen molar-refractivity contribution in [1.82, 2.24) is 9.99 Å². The van der Waals surface area contributed by atoms with E-state index in [4.69, 9.17) is 21.3 Å². The summed E-state index contributed by atoms with van der Waals surface area (Å²) in [6, 6.07) is 16.6. The third-order valence-electron chi connectivity index (χ3n) is 4.13. The van der Waals surface area contributed by atoms with Crippen molar-refractivity contribution in [3.8, 4) is 6.07 Å². The molecule has 132 valence electrons. The Bertz CT molecular complexity index is 1230. The number of rotatable bonds is 4.